The molecule has 1 heterocycles. The lowest BCUT2D eigenvalue weighted by molar-refractivity contribution is -0.137. The third-order valence-corrected chi connectivity index (χ3v) is 3.28. The monoisotopic (exact) mass is 359 g/mol. The molecule has 2 aromatic rings. The first-order valence-corrected chi connectivity index (χ1v) is 6.94. The first-order valence-electron chi connectivity index (χ1n) is 6.14. The van der Waals surface area contributed by atoms with E-state index in [0.29, 0.717) is 6.54 Å². The van der Waals surface area contributed by atoms with E-state index in [0.717, 1.165) is 17.2 Å². The van der Waals surface area contributed by atoms with E-state index in [2.05, 4.69) is 26.2 Å². The second-order valence-electron chi connectivity index (χ2n) is 4.43. The van der Waals surface area contributed by atoms with Crippen LogP contribution in [0, 0.1) is 0 Å². The molecule has 0 fully saturated rings. The molecule has 7 heteroatoms. The maximum Gasteiger partial charge on any atom is 0.419 e. The summed E-state index contributed by atoms with van der Waals surface area (Å²) in [6, 6.07) is 8.35. The molecule has 0 aliphatic heterocycles. The molecule has 112 valence electrons. The van der Waals surface area contributed by atoms with Gasteiger partial charge in [0.05, 0.1) is 5.56 Å². The molecule has 0 spiro atoms. The lowest BCUT2D eigenvalue weighted by Gasteiger charge is -2.14. The lowest BCUT2D eigenvalue weighted by Crippen LogP contribution is -2.12. The molecule has 0 atom stereocenters. The molecule has 0 amide bonds. The predicted octanol–water partition coefficient (Wildman–Crippen LogP) is 3.93. The van der Waals surface area contributed by atoms with Crippen molar-refractivity contribution in [2.75, 3.05) is 5.32 Å². The number of aromatic nitrogens is 1. The summed E-state index contributed by atoms with van der Waals surface area (Å²) in [7, 11) is 0. The Bertz CT molecular complexity index is 629. The fourth-order valence-electron chi connectivity index (χ4n) is 1.85. The molecule has 3 nitrogen and oxygen atoms in total. The Kier molecular flexibility index (Phi) is 4.84. The number of nitrogens with zero attached hydrogens (tertiary/aromatic N) is 1. The van der Waals surface area contributed by atoms with Crippen LogP contribution >= 0.6 is 15.9 Å². The zero-order chi connectivity index (χ0) is 15.5. The van der Waals surface area contributed by atoms with Crippen LogP contribution in [0.2, 0.25) is 0 Å². The first-order chi connectivity index (χ1) is 9.90. The molecular weight excluding hydrogens is 347 g/mol. The Morgan fingerprint density at radius 3 is 2.57 bits per heavy atom. The summed E-state index contributed by atoms with van der Waals surface area (Å²) >= 11 is 3.00. The van der Waals surface area contributed by atoms with Crippen LogP contribution in [-0.4, -0.2) is 4.98 Å². The number of pyridine rings is 1. The lowest BCUT2D eigenvalue weighted by atomic mass is 10.1. The quantitative estimate of drug-likeness (QED) is 0.869. The van der Waals surface area contributed by atoms with E-state index in [4.69, 9.17) is 5.73 Å². The number of hydrogen-bond donors (Lipinski definition) is 2. The van der Waals surface area contributed by atoms with Crippen LogP contribution in [-0.2, 0) is 19.3 Å². The summed E-state index contributed by atoms with van der Waals surface area (Å²) in [5.74, 6) is -0.191. The van der Waals surface area contributed by atoms with Crippen molar-refractivity contribution in [3.8, 4) is 0 Å². The minimum Gasteiger partial charge on any atom is -0.365 e. The summed E-state index contributed by atoms with van der Waals surface area (Å²) in [5, 5.41) is 2.72. The largest absolute Gasteiger partial charge is 0.419 e. The minimum absolute atomic E-state index is 0.191. The summed E-state index contributed by atoms with van der Waals surface area (Å²) < 4.78 is 39.1. The van der Waals surface area contributed by atoms with E-state index in [1.807, 2.05) is 24.3 Å². The zero-order valence-corrected chi connectivity index (χ0v) is 12.5. The molecule has 1 aromatic heterocycles. The molecule has 0 unspecified atom stereocenters. The Hall–Kier alpha value is -1.60. The topological polar surface area (TPSA) is 50.9 Å². The van der Waals surface area contributed by atoms with Gasteiger partial charge in [0.15, 0.2) is 0 Å². The van der Waals surface area contributed by atoms with Crippen molar-refractivity contribution in [2.24, 2.45) is 5.73 Å². The minimum atomic E-state index is -4.46. The van der Waals surface area contributed by atoms with Crippen molar-refractivity contribution < 1.29 is 13.2 Å². The van der Waals surface area contributed by atoms with Gasteiger partial charge in [-0.1, -0.05) is 24.3 Å². The van der Waals surface area contributed by atoms with Crippen molar-refractivity contribution in [2.45, 2.75) is 19.3 Å². The molecular formula is C14H13BrF3N3. The van der Waals surface area contributed by atoms with E-state index < -0.39 is 11.7 Å². The van der Waals surface area contributed by atoms with Gasteiger partial charge in [0, 0.05) is 23.8 Å². The molecule has 0 aliphatic rings. The number of benzene rings is 1. The molecule has 1 aromatic carbocycles. The third kappa shape index (κ3) is 4.18. The Morgan fingerprint density at radius 1 is 1.19 bits per heavy atom. The van der Waals surface area contributed by atoms with Crippen molar-refractivity contribution in [1.82, 2.24) is 4.98 Å². The summed E-state index contributed by atoms with van der Waals surface area (Å²) in [6.45, 7) is 0.629. The van der Waals surface area contributed by atoms with E-state index in [1.165, 1.54) is 6.20 Å². The van der Waals surface area contributed by atoms with Crippen LogP contribution < -0.4 is 11.1 Å². The Balaban J connectivity index is 2.20. The number of hydrogen-bond acceptors (Lipinski definition) is 3. The van der Waals surface area contributed by atoms with Gasteiger partial charge < -0.3 is 11.1 Å². The van der Waals surface area contributed by atoms with Crippen molar-refractivity contribution in [3.05, 3.63) is 57.7 Å². The number of halogens is 4. The number of alkyl halides is 3. The van der Waals surface area contributed by atoms with Crippen LogP contribution in [0.3, 0.4) is 0 Å². The molecule has 0 saturated carbocycles. The maximum absolute atomic E-state index is 13.0. The highest BCUT2D eigenvalue weighted by Gasteiger charge is 2.34. The van der Waals surface area contributed by atoms with Crippen LogP contribution in [0.1, 0.15) is 16.7 Å². The molecule has 3 N–H and O–H groups in total. The second-order valence-corrected chi connectivity index (χ2v) is 5.34. The molecule has 0 bridgehead atoms. The maximum atomic E-state index is 13.0. The van der Waals surface area contributed by atoms with Crippen molar-refractivity contribution in [3.63, 3.8) is 0 Å². The van der Waals surface area contributed by atoms with E-state index >= 15 is 0 Å². The average molecular weight is 360 g/mol. The van der Waals surface area contributed by atoms with Crippen molar-refractivity contribution >= 4 is 21.7 Å². The van der Waals surface area contributed by atoms with Gasteiger partial charge in [0.2, 0.25) is 0 Å². The molecule has 0 radical (unpaired) electrons. The van der Waals surface area contributed by atoms with Gasteiger partial charge >= 0.3 is 6.18 Å². The zero-order valence-electron chi connectivity index (χ0n) is 10.9. The fourth-order valence-corrected chi connectivity index (χ4v) is 2.18. The third-order valence-electron chi connectivity index (χ3n) is 2.85. The van der Waals surface area contributed by atoms with Gasteiger partial charge in [-0.05, 0) is 33.1 Å². The molecule has 2 rings (SSSR count). The standard InChI is InChI=1S/C14H13BrF3N3/c15-11-5-12(14(16,17)18)13(21-8-11)20-7-10-3-1-2-9(4-10)6-19/h1-5,8H,6-7,19H2,(H,20,21). The Morgan fingerprint density at radius 2 is 1.90 bits per heavy atom. The van der Waals surface area contributed by atoms with Gasteiger partial charge in [-0.3, -0.25) is 0 Å². The molecule has 21 heavy (non-hydrogen) atoms. The Labute approximate surface area is 128 Å². The highest BCUT2D eigenvalue weighted by molar-refractivity contribution is 9.10. The second kappa shape index (κ2) is 6.44. The highest BCUT2D eigenvalue weighted by Crippen LogP contribution is 2.35. The van der Waals surface area contributed by atoms with Crippen LogP contribution in [0.4, 0.5) is 19.0 Å². The summed E-state index contributed by atoms with van der Waals surface area (Å²) in [4.78, 5) is 3.80. The first kappa shape index (κ1) is 15.8. The van der Waals surface area contributed by atoms with Crippen molar-refractivity contribution in [1.29, 1.82) is 0 Å². The van der Waals surface area contributed by atoms with Gasteiger partial charge in [-0.15, -0.1) is 0 Å². The molecule has 0 aliphatic carbocycles. The number of nitrogens with two attached hydrogens (primary N) is 1. The molecule has 0 saturated heterocycles. The van der Waals surface area contributed by atoms with Gasteiger partial charge in [-0.25, -0.2) is 4.98 Å². The summed E-state index contributed by atoms with van der Waals surface area (Å²) in [5.41, 5.74) is 6.51. The SMILES string of the molecule is NCc1cccc(CNc2ncc(Br)cc2C(F)(F)F)c1. The summed E-state index contributed by atoms with van der Waals surface area (Å²) in [6.07, 6.45) is -3.13. The van der Waals surface area contributed by atoms with Gasteiger partial charge in [-0.2, -0.15) is 13.2 Å². The van der Waals surface area contributed by atoms with E-state index in [9.17, 15) is 13.2 Å². The fraction of sp³-hybridized carbons (Fsp3) is 0.214. The average Bonchev–Trinajstić information content (AvgIpc) is 2.45. The predicted molar refractivity (Wildman–Crippen MR) is 78.6 cm³/mol. The van der Waals surface area contributed by atoms with Gasteiger partial charge in [0.25, 0.3) is 0 Å². The smallest absolute Gasteiger partial charge is 0.365 e. The van der Waals surface area contributed by atoms with E-state index in [-0.39, 0.29) is 16.8 Å². The van der Waals surface area contributed by atoms with E-state index in [1.54, 1.807) is 0 Å². The number of anilines is 1. The normalized spacial score (nSPS) is 11.5. The van der Waals surface area contributed by atoms with Crippen LogP contribution in [0.5, 0.6) is 0 Å². The number of nitrogens with one attached hydrogen (secondary N) is 1. The van der Waals surface area contributed by atoms with Crippen LogP contribution in [0.25, 0.3) is 0 Å². The van der Waals surface area contributed by atoms with Crippen LogP contribution in [0.15, 0.2) is 41.0 Å². The highest BCUT2D eigenvalue weighted by atomic mass is 79.9. The number of rotatable bonds is 4. The van der Waals surface area contributed by atoms with Gasteiger partial charge in [0.1, 0.15) is 5.82 Å².